The molecule has 1 aromatic rings. The second-order valence-electron chi connectivity index (χ2n) is 1.98. The van der Waals surface area contributed by atoms with Crippen LogP contribution in [0.15, 0.2) is 24.3 Å². The number of halogens is 1. The van der Waals surface area contributed by atoms with E-state index in [2.05, 4.69) is 5.92 Å². The van der Waals surface area contributed by atoms with Crippen LogP contribution in [-0.4, -0.2) is 0 Å². The third-order valence-electron chi connectivity index (χ3n) is 1.25. The van der Waals surface area contributed by atoms with Crippen LogP contribution in [0.5, 0.6) is 0 Å². The van der Waals surface area contributed by atoms with Crippen molar-refractivity contribution in [3.8, 4) is 12.3 Å². The molecule has 0 aliphatic heterocycles. The zero-order valence-corrected chi connectivity index (χ0v) is 5.47. The summed E-state index contributed by atoms with van der Waals surface area (Å²) in [6.45, 7) is -0.449. The highest BCUT2D eigenvalue weighted by atomic mass is 19.1. The van der Waals surface area contributed by atoms with Crippen molar-refractivity contribution in [2.75, 3.05) is 0 Å². The van der Waals surface area contributed by atoms with Gasteiger partial charge in [0.15, 0.2) is 0 Å². The summed E-state index contributed by atoms with van der Waals surface area (Å²) in [5.74, 6) is 2.44. The predicted octanol–water partition coefficient (Wildman–Crippen LogP) is 2.14. The molecule has 0 N–H and O–H groups in total. The van der Waals surface area contributed by atoms with Crippen LogP contribution >= 0.6 is 0 Å². The summed E-state index contributed by atoms with van der Waals surface area (Å²) >= 11 is 0. The van der Waals surface area contributed by atoms with Crippen molar-refractivity contribution in [3.63, 3.8) is 0 Å². The molecular weight excluding hydrogens is 127 g/mol. The Bertz CT molecular complexity index is 258. The second-order valence-corrected chi connectivity index (χ2v) is 1.98. The second kappa shape index (κ2) is 3.03. The van der Waals surface area contributed by atoms with E-state index in [0.29, 0.717) is 5.56 Å². The Balaban J connectivity index is 3.01. The normalized spacial score (nSPS) is 8.80. The van der Waals surface area contributed by atoms with Crippen LogP contribution in [0.2, 0.25) is 0 Å². The highest BCUT2D eigenvalue weighted by molar-refractivity contribution is 5.34. The highest BCUT2D eigenvalue weighted by Gasteiger charge is 1.90. The zero-order valence-electron chi connectivity index (χ0n) is 5.47. The van der Waals surface area contributed by atoms with Gasteiger partial charge < -0.3 is 0 Å². The maximum absolute atomic E-state index is 12.0. The molecule has 0 aliphatic rings. The maximum Gasteiger partial charge on any atom is 0.115 e. The Hall–Kier alpha value is -1.29. The van der Waals surface area contributed by atoms with E-state index < -0.39 is 6.67 Å². The van der Waals surface area contributed by atoms with E-state index in [0.717, 1.165) is 5.56 Å². The van der Waals surface area contributed by atoms with Crippen LogP contribution in [0.3, 0.4) is 0 Å². The lowest BCUT2D eigenvalue weighted by Gasteiger charge is -1.93. The van der Waals surface area contributed by atoms with Gasteiger partial charge in [-0.15, -0.1) is 6.42 Å². The van der Waals surface area contributed by atoms with Gasteiger partial charge in [-0.05, 0) is 17.7 Å². The van der Waals surface area contributed by atoms with Crippen LogP contribution in [0.25, 0.3) is 0 Å². The number of alkyl halides is 1. The van der Waals surface area contributed by atoms with E-state index in [1.54, 1.807) is 24.3 Å². The van der Waals surface area contributed by atoms with Crippen molar-refractivity contribution in [3.05, 3.63) is 35.4 Å². The summed E-state index contributed by atoms with van der Waals surface area (Å²) in [6, 6.07) is 6.91. The molecular formula is C9H7F. The number of terminal acetylenes is 1. The van der Waals surface area contributed by atoms with Crippen molar-refractivity contribution in [1.29, 1.82) is 0 Å². The van der Waals surface area contributed by atoms with Crippen molar-refractivity contribution >= 4 is 0 Å². The monoisotopic (exact) mass is 134 g/mol. The van der Waals surface area contributed by atoms with Gasteiger partial charge in [-0.1, -0.05) is 18.1 Å². The van der Waals surface area contributed by atoms with Crippen molar-refractivity contribution in [1.82, 2.24) is 0 Å². The first-order chi connectivity index (χ1) is 4.86. The first-order valence-corrected chi connectivity index (χ1v) is 2.98. The fraction of sp³-hybridized carbons (Fsp3) is 0.111. The number of hydrogen-bond acceptors (Lipinski definition) is 0. The smallest absolute Gasteiger partial charge is 0.115 e. The molecule has 50 valence electrons. The molecule has 0 heterocycles. The Morgan fingerprint density at radius 2 is 2.30 bits per heavy atom. The van der Waals surface area contributed by atoms with Crippen molar-refractivity contribution in [2.45, 2.75) is 6.67 Å². The fourth-order valence-electron chi connectivity index (χ4n) is 0.744. The van der Waals surface area contributed by atoms with E-state index >= 15 is 0 Å². The minimum absolute atomic E-state index is 0.449. The molecule has 0 saturated carbocycles. The summed E-state index contributed by atoms with van der Waals surface area (Å²) in [4.78, 5) is 0. The first-order valence-electron chi connectivity index (χ1n) is 2.98. The lowest BCUT2D eigenvalue weighted by Crippen LogP contribution is -1.79. The SMILES string of the molecule is C#Cc1cccc(CF)c1. The average Bonchev–Trinajstić information content (AvgIpc) is 2.05. The van der Waals surface area contributed by atoms with E-state index in [1.165, 1.54) is 0 Å². The average molecular weight is 134 g/mol. The molecule has 0 aliphatic carbocycles. The number of rotatable bonds is 1. The molecule has 0 aromatic heterocycles. The van der Waals surface area contributed by atoms with E-state index in [1.807, 2.05) is 0 Å². The van der Waals surface area contributed by atoms with E-state index in [9.17, 15) is 4.39 Å². The van der Waals surface area contributed by atoms with Crippen LogP contribution in [-0.2, 0) is 6.67 Å². The largest absolute Gasteiger partial charge is 0.246 e. The van der Waals surface area contributed by atoms with Gasteiger partial charge in [0.05, 0.1) is 0 Å². The van der Waals surface area contributed by atoms with Crippen LogP contribution in [0.1, 0.15) is 11.1 Å². The van der Waals surface area contributed by atoms with Gasteiger partial charge in [0, 0.05) is 5.56 Å². The molecule has 0 amide bonds. The Morgan fingerprint density at radius 3 is 2.90 bits per heavy atom. The van der Waals surface area contributed by atoms with Crippen LogP contribution in [0.4, 0.5) is 4.39 Å². The van der Waals surface area contributed by atoms with Gasteiger partial charge in [-0.3, -0.25) is 0 Å². The highest BCUT2D eigenvalue weighted by Crippen LogP contribution is 2.04. The fourth-order valence-corrected chi connectivity index (χ4v) is 0.744. The number of hydrogen-bond donors (Lipinski definition) is 0. The summed E-state index contributed by atoms with van der Waals surface area (Å²) in [5.41, 5.74) is 1.37. The maximum atomic E-state index is 12.0. The van der Waals surface area contributed by atoms with E-state index in [4.69, 9.17) is 6.42 Å². The third kappa shape index (κ3) is 1.35. The molecule has 0 spiro atoms. The van der Waals surface area contributed by atoms with Crippen molar-refractivity contribution < 1.29 is 4.39 Å². The zero-order chi connectivity index (χ0) is 7.40. The molecule has 0 radical (unpaired) electrons. The van der Waals surface area contributed by atoms with Crippen molar-refractivity contribution in [2.24, 2.45) is 0 Å². The molecule has 1 aromatic carbocycles. The Labute approximate surface area is 59.7 Å². The molecule has 0 bridgehead atoms. The lowest BCUT2D eigenvalue weighted by molar-refractivity contribution is 0.485. The molecule has 0 unspecified atom stereocenters. The first kappa shape index (κ1) is 6.82. The van der Waals surface area contributed by atoms with Gasteiger partial charge >= 0.3 is 0 Å². The molecule has 0 fully saturated rings. The Kier molecular flexibility index (Phi) is 2.07. The standard InChI is InChI=1S/C9H7F/c1-2-8-4-3-5-9(6-8)7-10/h1,3-6H,7H2. The minimum atomic E-state index is -0.449. The summed E-state index contributed by atoms with van der Waals surface area (Å²) in [7, 11) is 0. The molecule has 0 atom stereocenters. The third-order valence-corrected chi connectivity index (χ3v) is 1.25. The minimum Gasteiger partial charge on any atom is -0.246 e. The van der Waals surface area contributed by atoms with E-state index in [-0.39, 0.29) is 0 Å². The van der Waals surface area contributed by atoms with Gasteiger partial charge in [0.25, 0.3) is 0 Å². The van der Waals surface area contributed by atoms with Gasteiger partial charge in [-0.25, -0.2) is 4.39 Å². The molecule has 1 rings (SSSR count). The molecule has 10 heavy (non-hydrogen) atoms. The predicted molar refractivity (Wildman–Crippen MR) is 39.2 cm³/mol. The van der Waals surface area contributed by atoms with Gasteiger partial charge in [0.2, 0.25) is 0 Å². The van der Waals surface area contributed by atoms with Crippen LogP contribution < -0.4 is 0 Å². The van der Waals surface area contributed by atoms with Gasteiger partial charge in [0.1, 0.15) is 6.67 Å². The lowest BCUT2D eigenvalue weighted by atomic mass is 10.1. The van der Waals surface area contributed by atoms with Gasteiger partial charge in [-0.2, -0.15) is 0 Å². The molecule has 1 heteroatoms. The quantitative estimate of drug-likeness (QED) is 0.516. The molecule has 0 nitrogen and oxygen atoms in total. The summed E-state index contributed by atoms with van der Waals surface area (Å²) in [5, 5.41) is 0. The Morgan fingerprint density at radius 1 is 1.50 bits per heavy atom. The molecule has 0 saturated heterocycles. The number of benzene rings is 1. The summed E-state index contributed by atoms with van der Waals surface area (Å²) in [6.07, 6.45) is 5.10. The summed E-state index contributed by atoms with van der Waals surface area (Å²) < 4.78 is 12.0. The topological polar surface area (TPSA) is 0 Å². The van der Waals surface area contributed by atoms with Crippen LogP contribution in [0, 0.1) is 12.3 Å².